The highest BCUT2D eigenvalue weighted by Gasteiger charge is 2.37. The van der Waals surface area contributed by atoms with Gasteiger partial charge in [-0.2, -0.15) is 0 Å². The smallest absolute Gasteiger partial charge is 0.125 e. The van der Waals surface area contributed by atoms with E-state index in [-0.39, 0.29) is 18.1 Å². The number of halogens is 1. The van der Waals surface area contributed by atoms with Crippen molar-refractivity contribution in [1.82, 2.24) is 4.57 Å². The topological polar surface area (TPSA) is 32.6 Å². The van der Waals surface area contributed by atoms with Crippen LogP contribution in [0.3, 0.4) is 0 Å². The third kappa shape index (κ3) is 2.80. The number of hydrogen-bond acceptors (Lipinski definition) is 3. The Morgan fingerprint density at radius 2 is 2.12 bits per heavy atom. The number of fused-ring (bicyclic) bond motifs is 3. The van der Waals surface area contributed by atoms with E-state index in [9.17, 15) is 0 Å². The Bertz CT molecular complexity index is 839. The minimum atomic E-state index is -0.204. The Morgan fingerprint density at radius 1 is 1.24 bits per heavy atom. The van der Waals surface area contributed by atoms with Gasteiger partial charge in [-0.05, 0) is 36.4 Å². The normalized spacial score (nSPS) is 24.9. The van der Waals surface area contributed by atoms with Gasteiger partial charge in [0.05, 0.1) is 25.5 Å². The second kappa shape index (κ2) is 6.71. The fourth-order valence-electron chi connectivity index (χ4n) is 3.71. The predicted molar refractivity (Wildman–Crippen MR) is 96.8 cm³/mol. The molecule has 25 heavy (non-hydrogen) atoms. The molecule has 0 bridgehead atoms. The molecular weight excluding hydrogens is 338 g/mol. The molecule has 0 N–H and O–H groups in total. The molecule has 0 radical (unpaired) electrons. The summed E-state index contributed by atoms with van der Waals surface area (Å²) >= 11 is 6.31. The Balaban J connectivity index is 1.81. The lowest BCUT2D eigenvalue weighted by molar-refractivity contribution is -0.0450. The van der Waals surface area contributed by atoms with Gasteiger partial charge < -0.3 is 18.8 Å². The van der Waals surface area contributed by atoms with E-state index < -0.39 is 0 Å². The minimum Gasteiger partial charge on any atom is -0.498 e. The summed E-state index contributed by atoms with van der Waals surface area (Å²) in [6.07, 6.45) is 7.71. The molecule has 2 aromatic rings. The molecule has 2 aliphatic rings. The van der Waals surface area contributed by atoms with Crippen LogP contribution in [0.1, 0.15) is 17.4 Å². The SMILES string of the molecule is COC1=CC=CC(C2OCc3cccn3-c3ccc(Cl)cc32)C1OC. The Kier molecular flexibility index (Phi) is 4.42. The summed E-state index contributed by atoms with van der Waals surface area (Å²) in [6, 6.07) is 10.1. The maximum Gasteiger partial charge on any atom is 0.125 e. The van der Waals surface area contributed by atoms with Gasteiger partial charge in [0.2, 0.25) is 0 Å². The van der Waals surface area contributed by atoms with Gasteiger partial charge in [-0.25, -0.2) is 0 Å². The molecule has 1 aromatic heterocycles. The molecule has 4 nitrogen and oxygen atoms in total. The number of aromatic nitrogens is 1. The van der Waals surface area contributed by atoms with Gasteiger partial charge in [0.25, 0.3) is 0 Å². The molecule has 0 spiro atoms. The fourth-order valence-corrected chi connectivity index (χ4v) is 3.89. The molecule has 5 heteroatoms. The van der Waals surface area contributed by atoms with Gasteiger partial charge in [-0.1, -0.05) is 23.8 Å². The number of hydrogen-bond donors (Lipinski definition) is 0. The molecule has 0 saturated heterocycles. The maximum absolute atomic E-state index is 6.34. The van der Waals surface area contributed by atoms with Gasteiger partial charge in [0.15, 0.2) is 0 Å². The van der Waals surface area contributed by atoms with E-state index in [1.54, 1.807) is 14.2 Å². The molecular formula is C20H20ClNO3. The van der Waals surface area contributed by atoms with Crippen molar-refractivity contribution < 1.29 is 14.2 Å². The van der Waals surface area contributed by atoms with Gasteiger partial charge in [-0.15, -0.1) is 0 Å². The van der Waals surface area contributed by atoms with Crippen molar-refractivity contribution in [3.05, 3.63) is 76.8 Å². The number of allylic oxidation sites excluding steroid dienone is 2. The largest absolute Gasteiger partial charge is 0.498 e. The van der Waals surface area contributed by atoms with Crippen LogP contribution in [0.5, 0.6) is 0 Å². The van der Waals surface area contributed by atoms with E-state index in [1.807, 2.05) is 36.4 Å². The summed E-state index contributed by atoms with van der Waals surface area (Å²) in [7, 11) is 3.36. The zero-order valence-corrected chi connectivity index (χ0v) is 14.9. The number of rotatable bonds is 3. The lowest BCUT2D eigenvalue weighted by Crippen LogP contribution is -2.32. The molecule has 2 heterocycles. The summed E-state index contributed by atoms with van der Waals surface area (Å²) in [5, 5.41) is 0.694. The van der Waals surface area contributed by atoms with Crippen molar-refractivity contribution in [2.45, 2.75) is 18.8 Å². The standard InChI is InChI=1S/C20H20ClNO3/c1-23-18-7-3-6-15(20(18)24-2)19-16-11-13(21)8-9-17(16)22-10-4-5-14(22)12-25-19/h3-11,15,19-20H,12H2,1-2H3. The highest BCUT2D eigenvalue weighted by Crippen LogP contribution is 2.41. The van der Waals surface area contributed by atoms with Crippen LogP contribution < -0.4 is 0 Å². The predicted octanol–water partition coefficient (Wildman–Crippen LogP) is 4.43. The van der Waals surface area contributed by atoms with Crippen LogP contribution in [-0.4, -0.2) is 24.9 Å². The number of benzene rings is 1. The first kappa shape index (κ1) is 16.5. The van der Waals surface area contributed by atoms with Crippen LogP contribution >= 0.6 is 11.6 Å². The first-order valence-corrected chi connectivity index (χ1v) is 8.63. The van der Waals surface area contributed by atoms with E-state index in [4.69, 9.17) is 25.8 Å². The zero-order valence-electron chi connectivity index (χ0n) is 14.2. The van der Waals surface area contributed by atoms with Crippen LogP contribution in [0.2, 0.25) is 5.02 Å². The molecule has 0 saturated carbocycles. The van der Waals surface area contributed by atoms with E-state index >= 15 is 0 Å². The van der Waals surface area contributed by atoms with Crippen LogP contribution in [-0.2, 0) is 20.8 Å². The third-order valence-corrected chi connectivity index (χ3v) is 5.10. The van der Waals surface area contributed by atoms with E-state index in [0.717, 1.165) is 22.7 Å². The average Bonchev–Trinajstić information content (AvgIpc) is 3.04. The van der Waals surface area contributed by atoms with Crippen molar-refractivity contribution in [1.29, 1.82) is 0 Å². The third-order valence-electron chi connectivity index (χ3n) is 4.86. The van der Waals surface area contributed by atoms with Gasteiger partial charge in [0.1, 0.15) is 11.9 Å². The number of ether oxygens (including phenoxy) is 3. The quantitative estimate of drug-likeness (QED) is 0.814. The molecule has 3 atom stereocenters. The average molecular weight is 358 g/mol. The molecule has 1 aliphatic heterocycles. The lowest BCUT2D eigenvalue weighted by atomic mass is 9.86. The van der Waals surface area contributed by atoms with E-state index in [0.29, 0.717) is 11.6 Å². The van der Waals surface area contributed by atoms with Crippen molar-refractivity contribution in [3.63, 3.8) is 0 Å². The second-order valence-corrected chi connectivity index (χ2v) is 6.63. The summed E-state index contributed by atoms with van der Waals surface area (Å²) in [5.41, 5.74) is 3.25. The summed E-state index contributed by atoms with van der Waals surface area (Å²) in [4.78, 5) is 0. The summed E-state index contributed by atoms with van der Waals surface area (Å²) < 4.78 is 19.7. The maximum atomic E-state index is 6.34. The molecule has 1 aromatic carbocycles. The Hall–Kier alpha value is -2.01. The number of methoxy groups -OCH3 is 2. The Morgan fingerprint density at radius 3 is 2.92 bits per heavy atom. The van der Waals surface area contributed by atoms with Crippen molar-refractivity contribution in [2.24, 2.45) is 5.92 Å². The highest BCUT2D eigenvalue weighted by atomic mass is 35.5. The minimum absolute atomic E-state index is 0.00762. The Labute approximate surface area is 152 Å². The molecule has 130 valence electrons. The lowest BCUT2D eigenvalue weighted by Gasteiger charge is -2.33. The first-order valence-electron chi connectivity index (χ1n) is 8.25. The molecule has 0 fully saturated rings. The van der Waals surface area contributed by atoms with E-state index in [2.05, 4.69) is 22.9 Å². The van der Waals surface area contributed by atoms with Crippen molar-refractivity contribution in [2.75, 3.05) is 14.2 Å². The monoisotopic (exact) mass is 357 g/mol. The molecule has 1 aliphatic carbocycles. The summed E-state index contributed by atoms with van der Waals surface area (Å²) in [6.45, 7) is 0.525. The molecule has 3 unspecified atom stereocenters. The van der Waals surface area contributed by atoms with Crippen molar-refractivity contribution in [3.8, 4) is 5.69 Å². The van der Waals surface area contributed by atoms with Crippen LogP contribution in [0, 0.1) is 5.92 Å². The van der Waals surface area contributed by atoms with Crippen molar-refractivity contribution >= 4 is 11.6 Å². The van der Waals surface area contributed by atoms with Gasteiger partial charge >= 0.3 is 0 Å². The fraction of sp³-hybridized carbons (Fsp3) is 0.300. The number of nitrogens with zero attached hydrogens (tertiary/aromatic N) is 1. The van der Waals surface area contributed by atoms with Crippen LogP contribution in [0.4, 0.5) is 0 Å². The second-order valence-electron chi connectivity index (χ2n) is 6.20. The summed E-state index contributed by atoms with van der Waals surface area (Å²) in [5.74, 6) is 0.790. The van der Waals surface area contributed by atoms with Gasteiger partial charge in [-0.3, -0.25) is 0 Å². The zero-order chi connectivity index (χ0) is 17.4. The first-order chi connectivity index (χ1) is 12.2. The molecule has 0 amide bonds. The molecule has 4 rings (SSSR count). The van der Waals surface area contributed by atoms with E-state index in [1.165, 1.54) is 0 Å². The van der Waals surface area contributed by atoms with Crippen LogP contribution in [0.15, 0.2) is 60.5 Å². The highest BCUT2D eigenvalue weighted by molar-refractivity contribution is 6.30. The van der Waals surface area contributed by atoms with Gasteiger partial charge in [0, 0.05) is 35.5 Å². The van der Waals surface area contributed by atoms with Crippen LogP contribution in [0.25, 0.3) is 5.69 Å².